The van der Waals surface area contributed by atoms with Crippen molar-refractivity contribution in [3.8, 4) is 5.82 Å². The summed E-state index contributed by atoms with van der Waals surface area (Å²) in [5.74, 6) is 1.15. The first-order valence-corrected chi connectivity index (χ1v) is 7.30. The monoisotopic (exact) mass is 324 g/mol. The number of imidazole rings is 1. The average molecular weight is 324 g/mol. The van der Waals surface area contributed by atoms with Gasteiger partial charge in [0.1, 0.15) is 18.0 Å². The molecule has 1 N–H and O–H groups in total. The summed E-state index contributed by atoms with van der Waals surface area (Å²) in [5, 5.41) is 5.54. The Morgan fingerprint density at radius 1 is 1.23 bits per heavy atom. The van der Waals surface area contributed by atoms with Crippen LogP contribution in [-0.4, -0.2) is 14.5 Å². The first kappa shape index (κ1) is 14.6. The highest BCUT2D eigenvalue weighted by atomic mass is 32.1. The quantitative estimate of drug-likeness (QED) is 0.790. The molecule has 3 aromatic heterocycles. The molecule has 0 amide bonds. The second-order valence-electron chi connectivity index (χ2n) is 4.51. The van der Waals surface area contributed by atoms with E-state index in [1.807, 2.05) is 0 Å². The summed E-state index contributed by atoms with van der Waals surface area (Å²) in [5.41, 5.74) is -0.386. The van der Waals surface area contributed by atoms with Gasteiger partial charge in [0, 0.05) is 24.3 Å². The largest absolute Gasteiger partial charge is 0.417 e. The molecule has 0 fully saturated rings. The van der Waals surface area contributed by atoms with Crippen molar-refractivity contribution in [1.29, 1.82) is 0 Å². The number of nitrogens with zero attached hydrogens (tertiary/aromatic N) is 3. The Hall–Kier alpha value is -2.35. The van der Waals surface area contributed by atoms with Crippen LogP contribution < -0.4 is 5.32 Å². The van der Waals surface area contributed by atoms with Gasteiger partial charge in [0.05, 0.1) is 5.56 Å². The molecule has 0 atom stereocenters. The Morgan fingerprint density at radius 3 is 2.82 bits per heavy atom. The molecule has 0 aliphatic heterocycles. The van der Waals surface area contributed by atoms with E-state index in [2.05, 4.69) is 15.3 Å². The van der Waals surface area contributed by atoms with E-state index in [9.17, 15) is 13.2 Å². The van der Waals surface area contributed by atoms with E-state index in [1.165, 1.54) is 5.38 Å². The molecule has 0 spiro atoms. The van der Waals surface area contributed by atoms with Crippen LogP contribution in [0.3, 0.4) is 0 Å². The normalized spacial score (nSPS) is 11.6. The lowest BCUT2D eigenvalue weighted by molar-refractivity contribution is -0.137. The molecule has 0 saturated heterocycles. The molecule has 3 aromatic rings. The molecule has 114 valence electrons. The third kappa shape index (κ3) is 3.11. The van der Waals surface area contributed by atoms with Crippen LogP contribution in [0.4, 0.5) is 19.0 Å². The van der Waals surface area contributed by atoms with E-state index in [-0.39, 0.29) is 12.1 Å². The number of halogens is 3. The van der Waals surface area contributed by atoms with Crippen molar-refractivity contribution in [2.24, 2.45) is 0 Å². The number of thiophene rings is 1. The van der Waals surface area contributed by atoms with Crippen LogP contribution >= 0.6 is 11.3 Å². The van der Waals surface area contributed by atoms with Crippen LogP contribution in [-0.2, 0) is 12.7 Å². The molecular weight excluding hydrogens is 313 g/mol. The number of aromatic nitrogens is 3. The Balaban J connectivity index is 1.75. The van der Waals surface area contributed by atoms with Crippen molar-refractivity contribution in [2.45, 2.75) is 12.7 Å². The van der Waals surface area contributed by atoms with Crippen molar-refractivity contribution in [1.82, 2.24) is 14.5 Å². The van der Waals surface area contributed by atoms with E-state index in [0.717, 1.165) is 16.7 Å². The molecule has 0 unspecified atom stereocenters. The maximum atomic E-state index is 12.8. The molecule has 0 aliphatic carbocycles. The van der Waals surface area contributed by atoms with Gasteiger partial charge in [-0.1, -0.05) is 6.07 Å². The van der Waals surface area contributed by atoms with Gasteiger partial charge in [-0.2, -0.15) is 24.5 Å². The summed E-state index contributed by atoms with van der Waals surface area (Å²) < 4.78 is 40.2. The number of rotatable bonds is 4. The van der Waals surface area contributed by atoms with Gasteiger partial charge in [-0.25, -0.2) is 9.97 Å². The Kier molecular flexibility index (Phi) is 3.84. The minimum absolute atomic E-state index is 0.0682. The second kappa shape index (κ2) is 5.80. The van der Waals surface area contributed by atoms with Gasteiger partial charge < -0.3 is 5.32 Å². The second-order valence-corrected chi connectivity index (χ2v) is 5.26. The first-order chi connectivity index (χ1) is 10.5. The van der Waals surface area contributed by atoms with Gasteiger partial charge >= 0.3 is 6.18 Å². The molecule has 0 saturated carbocycles. The summed E-state index contributed by atoms with van der Waals surface area (Å²) in [6.07, 6.45) is 0.644. The zero-order valence-electron chi connectivity index (χ0n) is 11.2. The van der Waals surface area contributed by atoms with Crippen LogP contribution in [0.5, 0.6) is 0 Å². The summed E-state index contributed by atoms with van der Waals surface area (Å²) in [6, 6.07) is 5.28. The lowest BCUT2D eigenvalue weighted by atomic mass is 10.2. The molecule has 0 aliphatic rings. The van der Waals surface area contributed by atoms with E-state index < -0.39 is 11.7 Å². The summed E-state index contributed by atoms with van der Waals surface area (Å²) in [6.45, 7) is 0.0682. The van der Waals surface area contributed by atoms with E-state index in [1.54, 1.807) is 41.5 Å². The molecule has 3 heterocycles. The highest BCUT2D eigenvalue weighted by Crippen LogP contribution is 2.34. The fourth-order valence-electron chi connectivity index (χ4n) is 1.96. The molecular formula is C14H11F3N4S. The Bertz CT molecular complexity index is 750. The summed E-state index contributed by atoms with van der Waals surface area (Å²) in [4.78, 5) is 8.27. The van der Waals surface area contributed by atoms with Crippen LogP contribution in [0, 0.1) is 0 Å². The van der Waals surface area contributed by atoms with Crippen molar-refractivity contribution < 1.29 is 13.2 Å². The number of alkyl halides is 3. The Morgan fingerprint density at radius 2 is 2.09 bits per heavy atom. The lowest BCUT2D eigenvalue weighted by Gasteiger charge is -2.10. The summed E-state index contributed by atoms with van der Waals surface area (Å²) >= 11 is 1.04. The van der Waals surface area contributed by atoms with Gasteiger partial charge in [-0.3, -0.25) is 4.57 Å². The van der Waals surface area contributed by atoms with Crippen LogP contribution in [0.15, 0.2) is 47.7 Å². The van der Waals surface area contributed by atoms with Gasteiger partial charge in [-0.05, 0) is 23.1 Å². The molecule has 8 heteroatoms. The molecule has 22 heavy (non-hydrogen) atoms. The van der Waals surface area contributed by atoms with Crippen LogP contribution in [0.25, 0.3) is 5.82 Å². The van der Waals surface area contributed by atoms with E-state index in [0.29, 0.717) is 11.6 Å². The van der Waals surface area contributed by atoms with Gasteiger partial charge in [0.25, 0.3) is 0 Å². The lowest BCUT2D eigenvalue weighted by Crippen LogP contribution is -2.10. The number of nitrogens with one attached hydrogen (secondary N) is 1. The van der Waals surface area contributed by atoms with Gasteiger partial charge in [-0.15, -0.1) is 0 Å². The number of hydrogen-bond donors (Lipinski definition) is 1. The predicted molar refractivity (Wildman–Crippen MR) is 78.0 cm³/mol. The van der Waals surface area contributed by atoms with Gasteiger partial charge in [0.2, 0.25) is 0 Å². The molecule has 0 bridgehead atoms. The van der Waals surface area contributed by atoms with Crippen LogP contribution in [0.1, 0.15) is 11.1 Å². The SMILES string of the molecule is FC(F)(F)c1cscc1CNc1cccc(-n2ccnc2)n1. The van der Waals surface area contributed by atoms with E-state index in [4.69, 9.17) is 0 Å². The zero-order valence-corrected chi connectivity index (χ0v) is 12.0. The highest BCUT2D eigenvalue weighted by molar-refractivity contribution is 7.08. The fraction of sp³-hybridized carbons (Fsp3) is 0.143. The zero-order chi connectivity index (χ0) is 15.6. The average Bonchev–Trinajstić information content (AvgIpc) is 3.16. The third-order valence-corrected chi connectivity index (χ3v) is 3.80. The molecule has 0 radical (unpaired) electrons. The minimum Gasteiger partial charge on any atom is -0.366 e. The topological polar surface area (TPSA) is 42.7 Å². The maximum Gasteiger partial charge on any atom is 0.417 e. The summed E-state index contributed by atoms with van der Waals surface area (Å²) in [7, 11) is 0. The van der Waals surface area contributed by atoms with Gasteiger partial charge in [0.15, 0.2) is 0 Å². The van der Waals surface area contributed by atoms with Crippen LogP contribution in [0.2, 0.25) is 0 Å². The van der Waals surface area contributed by atoms with Crippen molar-refractivity contribution in [3.05, 3.63) is 58.8 Å². The number of hydrogen-bond acceptors (Lipinski definition) is 4. The standard InChI is InChI=1S/C14H11F3N4S/c15-14(16,17)11-8-22-7-10(11)6-19-12-2-1-3-13(20-12)21-5-4-18-9-21/h1-5,7-9H,6H2,(H,19,20). The van der Waals surface area contributed by atoms with Crippen molar-refractivity contribution in [3.63, 3.8) is 0 Å². The predicted octanol–water partition coefficient (Wildman–Crippen LogP) is 3.96. The number of anilines is 1. The first-order valence-electron chi connectivity index (χ1n) is 6.35. The minimum atomic E-state index is -4.33. The highest BCUT2D eigenvalue weighted by Gasteiger charge is 2.33. The Labute approximate surface area is 128 Å². The smallest absolute Gasteiger partial charge is 0.366 e. The maximum absolute atomic E-state index is 12.8. The van der Waals surface area contributed by atoms with Crippen molar-refractivity contribution >= 4 is 17.2 Å². The molecule has 0 aromatic carbocycles. The van der Waals surface area contributed by atoms with E-state index >= 15 is 0 Å². The fourth-order valence-corrected chi connectivity index (χ4v) is 2.82. The van der Waals surface area contributed by atoms with Crippen molar-refractivity contribution in [2.75, 3.05) is 5.32 Å². The number of pyridine rings is 1. The third-order valence-electron chi connectivity index (χ3n) is 3.01. The molecule has 4 nitrogen and oxygen atoms in total. The molecule has 3 rings (SSSR count).